The van der Waals surface area contributed by atoms with E-state index < -0.39 is 10.0 Å². The lowest BCUT2D eigenvalue weighted by Crippen LogP contribution is -2.37. The summed E-state index contributed by atoms with van der Waals surface area (Å²) in [5.41, 5.74) is 0.923. The Morgan fingerprint density at radius 2 is 2.16 bits per heavy atom. The van der Waals surface area contributed by atoms with Crippen molar-refractivity contribution in [3.05, 3.63) is 23.8 Å². The number of benzene rings is 1. The third-order valence-electron chi connectivity index (χ3n) is 4.40. The molecule has 136 valence electrons. The number of hydrogen-bond donors (Lipinski definition) is 1. The fourth-order valence-electron chi connectivity index (χ4n) is 3.22. The van der Waals surface area contributed by atoms with Crippen LogP contribution >= 0.6 is 0 Å². The van der Waals surface area contributed by atoms with Gasteiger partial charge in [-0.05, 0) is 38.0 Å². The standard InChI is InChI=1S/C17H23N3O4S/c1-12(11-24-2)18-17(21)13-7-8-14-15(10-13)25(22,23)19-16-6-4-3-5-9-20(14)16/h7-8,10,12H,3-6,9,11H2,1-2H3,(H,18,21)/t12-/m0/s1. The predicted molar refractivity (Wildman–Crippen MR) is 95.7 cm³/mol. The van der Waals surface area contributed by atoms with Crippen LogP contribution in [0.5, 0.6) is 0 Å². The Morgan fingerprint density at radius 1 is 1.36 bits per heavy atom. The lowest BCUT2D eigenvalue weighted by atomic mass is 10.1. The van der Waals surface area contributed by atoms with Crippen molar-refractivity contribution in [2.24, 2.45) is 4.40 Å². The maximum atomic E-state index is 12.6. The number of amides is 1. The number of carbonyl (C=O) groups is 1. The highest BCUT2D eigenvalue weighted by atomic mass is 32.2. The summed E-state index contributed by atoms with van der Waals surface area (Å²) < 4.78 is 34.1. The molecule has 1 aromatic rings. The minimum Gasteiger partial charge on any atom is -0.383 e. The normalized spacial score (nSPS) is 19.9. The number of methoxy groups -OCH3 is 1. The van der Waals surface area contributed by atoms with E-state index in [2.05, 4.69) is 9.71 Å². The molecule has 0 radical (unpaired) electrons. The molecule has 2 aliphatic rings. The minimum atomic E-state index is -3.78. The summed E-state index contributed by atoms with van der Waals surface area (Å²) in [7, 11) is -2.22. The molecule has 1 aromatic carbocycles. The number of nitrogens with zero attached hydrogens (tertiary/aromatic N) is 2. The van der Waals surface area contributed by atoms with Gasteiger partial charge in [0.25, 0.3) is 15.9 Å². The van der Waals surface area contributed by atoms with Crippen LogP contribution in [0.1, 0.15) is 43.0 Å². The van der Waals surface area contributed by atoms with Crippen LogP contribution in [0.15, 0.2) is 27.5 Å². The summed E-state index contributed by atoms with van der Waals surface area (Å²) in [5, 5.41) is 2.79. The molecule has 0 saturated carbocycles. The van der Waals surface area contributed by atoms with Crippen molar-refractivity contribution in [1.29, 1.82) is 0 Å². The largest absolute Gasteiger partial charge is 0.383 e. The van der Waals surface area contributed by atoms with Gasteiger partial charge in [-0.1, -0.05) is 6.42 Å². The smallest absolute Gasteiger partial charge is 0.286 e. The first-order valence-electron chi connectivity index (χ1n) is 8.47. The first kappa shape index (κ1) is 17.9. The zero-order valence-electron chi connectivity index (χ0n) is 14.5. The Hall–Kier alpha value is -1.93. The van der Waals surface area contributed by atoms with Gasteiger partial charge in [0.05, 0.1) is 12.3 Å². The summed E-state index contributed by atoms with van der Waals surface area (Å²) >= 11 is 0. The molecule has 1 atom stereocenters. The molecular formula is C17H23N3O4S. The van der Waals surface area contributed by atoms with Crippen LogP contribution in [0.2, 0.25) is 0 Å². The van der Waals surface area contributed by atoms with Crippen molar-refractivity contribution >= 4 is 27.5 Å². The van der Waals surface area contributed by atoms with Crippen molar-refractivity contribution in [1.82, 2.24) is 5.32 Å². The van der Waals surface area contributed by atoms with E-state index in [9.17, 15) is 13.2 Å². The number of fused-ring (bicyclic) bond motifs is 3. The summed E-state index contributed by atoms with van der Waals surface area (Å²) in [6, 6.07) is 4.63. The van der Waals surface area contributed by atoms with Crippen LogP contribution in [-0.2, 0) is 14.8 Å². The first-order valence-corrected chi connectivity index (χ1v) is 9.91. The number of sulfonamides is 1. The van der Waals surface area contributed by atoms with Crippen molar-refractivity contribution in [2.75, 3.05) is 25.2 Å². The van der Waals surface area contributed by atoms with Gasteiger partial charge in [-0.2, -0.15) is 8.42 Å². The van der Waals surface area contributed by atoms with Crippen LogP contribution in [0.3, 0.4) is 0 Å². The second kappa shape index (κ2) is 7.13. The highest BCUT2D eigenvalue weighted by molar-refractivity contribution is 7.90. The van der Waals surface area contributed by atoms with Crippen molar-refractivity contribution < 1.29 is 17.9 Å². The monoisotopic (exact) mass is 365 g/mol. The molecule has 7 nitrogen and oxygen atoms in total. The van der Waals surface area contributed by atoms with Gasteiger partial charge in [-0.15, -0.1) is 4.40 Å². The highest BCUT2D eigenvalue weighted by Gasteiger charge is 2.32. The minimum absolute atomic E-state index is 0.102. The quantitative estimate of drug-likeness (QED) is 0.881. The topological polar surface area (TPSA) is 88.1 Å². The average molecular weight is 365 g/mol. The van der Waals surface area contributed by atoms with Crippen molar-refractivity contribution in [3.8, 4) is 0 Å². The van der Waals surface area contributed by atoms with E-state index in [4.69, 9.17) is 4.74 Å². The van der Waals surface area contributed by atoms with Gasteiger partial charge < -0.3 is 15.0 Å². The SMILES string of the molecule is COC[C@H](C)NC(=O)c1ccc2c(c1)S(=O)(=O)N=C1CCCCCN12. The average Bonchev–Trinajstić information content (AvgIpc) is 2.79. The number of anilines is 1. The maximum Gasteiger partial charge on any atom is 0.286 e. The van der Waals surface area contributed by atoms with E-state index >= 15 is 0 Å². The number of ether oxygens (including phenoxy) is 1. The number of amidine groups is 1. The molecule has 1 N–H and O–H groups in total. The zero-order valence-corrected chi connectivity index (χ0v) is 15.3. The second-order valence-electron chi connectivity index (χ2n) is 6.46. The van der Waals surface area contributed by atoms with Gasteiger partial charge in [0.2, 0.25) is 0 Å². The molecular weight excluding hydrogens is 342 g/mol. The Labute approximate surface area is 148 Å². The Bertz CT molecular complexity index is 804. The summed E-state index contributed by atoms with van der Waals surface area (Å²) in [6.45, 7) is 2.96. The van der Waals surface area contributed by atoms with Crippen LogP contribution in [0, 0.1) is 0 Å². The molecule has 0 bridgehead atoms. The summed E-state index contributed by atoms with van der Waals surface area (Å²) in [4.78, 5) is 14.4. The van der Waals surface area contributed by atoms with E-state index in [1.54, 1.807) is 19.2 Å². The Balaban J connectivity index is 1.94. The molecule has 0 aromatic heterocycles. The van der Waals surface area contributed by atoms with E-state index in [0.29, 0.717) is 30.1 Å². The third kappa shape index (κ3) is 3.69. The van der Waals surface area contributed by atoms with E-state index in [-0.39, 0.29) is 16.8 Å². The number of carbonyl (C=O) groups excluding carboxylic acids is 1. The summed E-state index contributed by atoms with van der Waals surface area (Å²) in [5.74, 6) is 0.282. The van der Waals surface area contributed by atoms with Crippen LogP contribution < -0.4 is 10.2 Å². The van der Waals surface area contributed by atoms with E-state index in [1.165, 1.54) is 6.07 Å². The van der Waals surface area contributed by atoms with E-state index in [0.717, 1.165) is 25.8 Å². The Kier molecular flexibility index (Phi) is 5.10. The number of nitrogens with one attached hydrogen (secondary N) is 1. The van der Waals surface area contributed by atoms with Crippen LogP contribution in [0.25, 0.3) is 0 Å². The molecule has 1 amide bonds. The molecule has 1 saturated heterocycles. The second-order valence-corrected chi connectivity index (χ2v) is 8.03. The van der Waals surface area contributed by atoms with Gasteiger partial charge in [-0.3, -0.25) is 4.79 Å². The highest BCUT2D eigenvalue weighted by Crippen LogP contribution is 2.34. The lowest BCUT2D eigenvalue weighted by molar-refractivity contribution is 0.0905. The molecule has 8 heteroatoms. The number of hydrogen-bond acceptors (Lipinski definition) is 5. The van der Waals surface area contributed by atoms with Gasteiger partial charge in [0.1, 0.15) is 10.7 Å². The number of rotatable bonds is 4. The van der Waals surface area contributed by atoms with Crippen molar-refractivity contribution in [2.45, 2.75) is 43.5 Å². The maximum absolute atomic E-state index is 12.6. The summed E-state index contributed by atoms with van der Waals surface area (Å²) in [6.07, 6.45) is 3.66. The zero-order chi connectivity index (χ0) is 18.0. The molecule has 3 rings (SSSR count). The predicted octanol–water partition coefficient (Wildman–Crippen LogP) is 1.93. The molecule has 2 heterocycles. The Morgan fingerprint density at radius 3 is 2.92 bits per heavy atom. The van der Waals surface area contributed by atoms with Crippen LogP contribution in [0.4, 0.5) is 5.69 Å². The first-order chi connectivity index (χ1) is 11.9. The molecule has 0 unspecified atom stereocenters. The van der Waals surface area contributed by atoms with Crippen molar-refractivity contribution in [3.63, 3.8) is 0 Å². The molecule has 1 fully saturated rings. The van der Waals surface area contributed by atoms with Gasteiger partial charge in [0.15, 0.2) is 0 Å². The molecule has 0 aliphatic carbocycles. The van der Waals surface area contributed by atoms with Gasteiger partial charge in [0, 0.05) is 31.7 Å². The third-order valence-corrected chi connectivity index (χ3v) is 5.74. The van der Waals surface area contributed by atoms with E-state index in [1.807, 2.05) is 11.8 Å². The molecule has 0 spiro atoms. The molecule has 2 aliphatic heterocycles. The van der Waals surface area contributed by atoms with Gasteiger partial charge >= 0.3 is 0 Å². The van der Waals surface area contributed by atoms with Gasteiger partial charge in [-0.25, -0.2) is 0 Å². The lowest BCUT2D eigenvalue weighted by Gasteiger charge is -2.29. The fourth-order valence-corrected chi connectivity index (χ4v) is 4.50. The molecule has 25 heavy (non-hydrogen) atoms. The van der Waals surface area contributed by atoms with Crippen LogP contribution in [-0.4, -0.2) is 46.5 Å². The fraction of sp³-hybridized carbons (Fsp3) is 0.529.